The minimum Gasteiger partial charge on any atom is -0.355 e. The second kappa shape index (κ2) is 13.5. The Hall–Kier alpha value is -4.80. The van der Waals surface area contributed by atoms with E-state index in [0.29, 0.717) is 49.9 Å². The molecule has 1 aliphatic rings. The summed E-state index contributed by atoms with van der Waals surface area (Å²) >= 11 is 0. The van der Waals surface area contributed by atoms with Gasteiger partial charge in [-0.2, -0.15) is 5.10 Å². The molecule has 11 nitrogen and oxygen atoms in total. The summed E-state index contributed by atoms with van der Waals surface area (Å²) in [4.78, 5) is 46.7. The number of fused-ring (bicyclic) bond motifs is 1. The van der Waals surface area contributed by atoms with Crippen LogP contribution in [0.2, 0.25) is 0 Å². The lowest BCUT2D eigenvalue weighted by Crippen LogP contribution is -2.50. The lowest BCUT2D eigenvalue weighted by molar-refractivity contribution is -0.129. The van der Waals surface area contributed by atoms with Gasteiger partial charge in [0, 0.05) is 37.6 Å². The molecule has 0 saturated heterocycles. The van der Waals surface area contributed by atoms with E-state index in [9.17, 15) is 14.4 Å². The normalized spacial score (nSPS) is 18.5. The average Bonchev–Trinajstić information content (AvgIpc) is 3.64. The Balaban J connectivity index is 1.42. The molecule has 11 heteroatoms. The van der Waals surface area contributed by atoms with Crippen molar-refractivity contribution in [1.82, 2.24) is 35.5 Å². The monoisotopic (exact) mass is 583 g/mol. The van der Waals surface area contributed by atoms with Gasteiger partial charge in [0.15, 0.2) is 11.5 Å². The molecule has 0 radical (unpaired) electrons. The van der Waals surface area contributed by atoms with Crippen LogP contribution in [0.4, 0.5) is 0 Å². The molecule has 2 N–H and O–H groups in total. The molecule has 0 unspecified atom stereocenters. The van der Waals surface area contributed by atoms with E-state index in [1.807, 2.05) is 74.5 Å². The van der Waals surface area contributed by atoms with Gasteiger partial charge >= 0.3 is 0 Å². The van der Waals surface area contributed by atoms with E-state index >= 15 is 0 Å². The number of carbonyl (C=O) groups is 3. The standard InChI is InChI=1S/C32H37N7O4/c1-21(2)29-30-33-22(3)36-39(30)18-17-38(32(42)26-20-27(43-37-26)24-13-8-5-9-14-24)16-10-15-28(40)34-25(31(41)35-29)19-23-11-6-4-7-12-23/h4-9,11-14,20-21,25,29H,10,15-19H2,1-3H3,(H,34,40)(H,35,41)/t25-,29+/m0/s1. The Kier molecular flexibility index (Phi) is 9.29. The summed E-state index contributed by atoms with van der Waals surface area (Å²) in [5.74, 6) is 0.812. The maximum absolute atomic E-state index is 13.7. The van der Waals surface area contributed by atoms with E-state index < -0.39 is 12.1 Å². The molecule has 0 aliphatic carbocycles. The molecule has 43 heavy (non-hydrogen) atoms. The number of hydrogen-bond donors (Lipinski definition) is 2. The average molecular weight is 584 g/mol. The first-order valence-corrected chi connectivity index (χ1v) is 14.6. The molecule has 1 aliphatic heterocycles. The predicted molar refractivity (Wildman–Crippen MR) is 160 cm³/mol. The topological polar surface area (TPSA) is 135 Å². The molecule has 0 bridgehead atoms. The first-order valence-electron chi connectivity index (χ1n) is 14.6. The van der Waals surface area contributed by atoms with Gasteiger partial charge in [-0.05, 0) is 24.8 Å². The fourth-order valence-corrected chi connectivity index (χ4v) is 5.21. The largest absolute Gasteiger partial charge is 0.355 e. The fourth-order valence-electron chi connectivity index (χ4n) is 5.21. The molecular formula is C32H37N7O4. The fraction of sp³-hybridized carbons (Fsp3) is 0.375. The summed E-state index contributed by atoms with van der Waals surface area (Å²) in [6.07, 6.45) is 0.895. The van der Waals surface area contributed by atoms with Gasteiger partial charge in [0.05, 0.1) is 12.6 Å². The van der Waals surface area contributed by atoms with Crippen LogP contribution in [0.3, 0.4) is 0 Å². The van der Waals surface area contributed by atoms with Crippen molar-refractivity contribution in [3.8, 4) is 11.3 Å². The number of nitrogens with one attached hydrogen (secondary N) is 2. The quantitative estimate of drug-likeness (QED) is 0.366. The molecule has 0 spiro atoms. The van der Waals surface area contributed by atoms with E-state index in [1.165, 1.54) is 0 Å². The van der Waals surface area contributed by atoms with Gasteiger partial charge in [0.1, 0.15) is 17.7 Å². The number of benzene rings is 2. The first-order chi connectivity index (χ1) is 20.8. The van der Waals surface area contributed by atoms with Crippen molar-refractivity contribution in [2.24, 2.45) is 5.92 Å². The van der Waals surface area contributed by atoms with Crippen molar-refractivity contribution in [1.29, 1.82) is 0 Å². The highest BCUT2D eigenvalue weighted by molar-refractivity contribution is 5.93. The molecule has 2 aromatic carbocycles. The van der Waals surface area contributed by atoms with E-state index in [2.05, 4.69) is 25.9 Å². The lowest BCUT2D eigenvalue weighted by Gasteiger charge is -2.27. The van der Waals surface area contributed by atoms with Gasteiger partial charge in [0.25, 0.3) is 5.91 Å². The summed E-state index contributed by atoms with van der Waals surface area (Å²) in [7, 11) is 0. The van der Waals surface area contributed by atoms with Crippen LogP contribution in [-0.4, -0.2) is 61.7 Å². The second-order valence-corrected chi connectivity index (χ2v) is 11.1. The highest BCUT2D eigenvalue weighted by atomic mass is 16.5. The Labute approximate surface area is 250 Å². The molecule has 3 amide bonds. The third kappa shape index (κ3) is 7.35. The van der Waals surface area contributed by atoms with Crippen LogP contribution in [0, 0.1) is 12.8 Å². The Morgan fingerprint density at radius 1 is 1.00 bits per heavy atom. The van der Waals surface area contributed by atoms with Crippen molar-refractivity contribution in [3.05, 3.63) is 89.6 Å². The molecule has 2 aromatic heterocycles. The maximum Gasteiger partial charge on any atom is 0.276 e. The smallest absolute Gasteiger partial charge is 0.276 e. The van der Waals surface area contributed by atoms with Crippen LogP contribution in [0.15, 0.2) is 71.3 Å². The van der Waals surface area contributed by atoms with Crippen molar-refractivity contribution in [2.45, 2.75) is 58.7 Å². The summed E-state index contributed by atoms with van der Waals surface area (Å²) in [5.41, 5.74) is 1.94. The number of hydrogen-bond acceptors (Lipinski definition) is 7. The van der Waals surface area contributed by atoms with E-state index in [0.717, 1.165) is 11.1 Å². The van der Waals surface area contributed by atoms with Gasteiger partial charge in [-0.15, -0.1) is 0 Å². The van der Waals surface area contributed by atoms with Crippen LogP contribution < -0.4 is 10.6 Å². The van der Waals surface area contributed by atoms with Crippen molar-refractivity contribution < 1.29 is 18.9 Å². The number of nitrogens with zero attached hydrogens (tertiary/aromatic N) is 5. The number of amides is 3. The molecule has 0 fully saturated rings. The third-order valence-electron chi connectivity index (χ3n) is 7.47. The van der Waals surface area contributed by atoms with Gasteiger partial charge in [-0.25, -0.2) is 9.67 Å². The summed E-state index contributed by atoms with van der Waals surface area (Å²) in [6.45, 7) is 6.76. The highest BCUT2D eigenvalue weighted by Gasteiger charge is 2.30. The highest BCUT2D eigenvalue weighted by Crippen LogP contribution is 2.23. The lowest BCUT2D eigenvalue weighted by atomic mass is 10.0. The van der Waals surface area contributed by atoms with Crippen LogP contribution in [0.5, 0.6) is 0 Å². The molecule has 3 heterocycles. The zero-order valence-corrected chi connectivity index (χ0v) is 24.7. The second-order valence-electron chi connectivity index (χ2n) is 11.1. The van der Waals surface area contributed by atoms with Gasteiger partial charge in [-0.1, -0.05) is 79.7 Å². The van der Waals surface area contributed by atoms with Crippen molar-refractivity contribution in [3.63, 3.8) is 0 Å². The van der Waals surface area contributed by atoms with Crippen LogP contribution in [-0.2, 0) is 22.6 Å². The van der Waals surface area contributed by atoms with E-state index in [4.69, 9.17) is 4.52 Å². The molecule has 5 rings (SSSR count). The minimum absolute atomic E-state index is 0.0171. The molecular weight excluding hydrogens is 546 g/mol. The Bertz CT molecular complexity index is 1550. The Morgan fingerprint density at radius 3 is 2.44 bits per heavy atom. The SMILES string of the molecule is Cc1nc2n(n1)CCN(C(=O)c1cc(-c3ccccc3)on1)CCCC(=O)N[C@@H](Cc1ccccc1)C(=O)N[C@@H]2C(C)C. The van der Waals surface area contributed by atoms with Crippen molar-refractivity contribution >= 4 is 17.7 Å². The summed E-state index contributed by atoms with van der Waals surface area (Å²) in [5, 5.41) is 14.7. The number of aromatic nitrogens is 4. The van der Waals surface area contributed by atoms with Gasteiger partial charge in [0.2, 0.25) is 11.8 Å². The first kappa shape index (κ1) is 29.7. The molecule has 2 atom stereocenters. The number of rotatable bonds is 5. The number of aryl methyl sites for hydroxylation is 1. The minimum atomic E-state index is -0.777. The summed E-state index contributed by atoms with van der Waals surface area (Å²) in [6, 6.07) is 19.4. The molecule has 0 saturated carbocycles. The number of carbonyl (C=O) groups excluding carboxylic acids is 3. The maximum atomic E-state index is 13.7. The molecule has 4 aromatic rings. The van der Waals surface area contributed by atoms with Crippen LogP contribution in [0.1, 0.15) is 60.4 Å². The molecule has 224 valence electrons. The Morgan fingerprint density at radius 2 is 1.72 bits per heavy atom. The third-order valence-corrected chi connectivity index (χ3v) is 7.47. The van der Waals surface area contributed by atoms with Crippen molar-refractivity contribution in [2.75, 3.05) is 13.1 Å². The van der Waals surface area contributed by atoms with Crippen LogP contribution in [0.25, 0.3) is 11.3 Å². The van der Waals surface area contributed by atoms with Crippen LogP contribution >= 0.6 is 0 Å². The van der Waals surface area contributed by atoms with E-state index in [1.54, 1.807) is 22.6 Å². The summed E-state index contributed by atoms with van der Waals surface area (Å²) < 4.78 is 7.25. The zero-order chi connectivity index (χ0) is 30.3. The van der Waals surface area contributed by atoms with Gasteiger partial charge in [-0.3, -0.25) is 14.4 Å². The zero-order valence-electron chi connectivity index (χ0n) is 24.7. The van der Waals surface area contributed by atoms with Gasteiger partial charge < -0.3 is 20.1 Å². The van der Waals surface area contributed by atoms with E-state index in [-0.39, 0.29) is 35.8 Å². The predicted octanol–water partition coefficient (Wildman–Crippen LogP) is 3.72.